The lowest BCUT2D eigenvalue weighted by Gasteiger charge is -2.29. The van der Waals surface area contributed by atoms with Crippen molar-refractivity contribution in [2.45, 2.75) is 38.8 Å². The first-order valence-corrected chi connectivity index (χ1v) is 22.8. The van der Waals surface area contributed by atoms with E-state index in [1.54, 1.807) is 42.7 Å². The number of pyridine rings is 2. The lowest BCUT2D eigenvalue weighted by Crippen LogP contribution is -2.43. The highest BCUT2D eigenvalue weighted by Gasteiger charge is 2.17. The van der Waals surface area contributed by atoms with Crippen LogP contribution >= 0.6 is 21.6 Å². The van der Waals surface area contributed by atoms with E-state index in [-0.39, 0.29) is 0 Å². The predicted molar refractivity (Wildman–Crippen MR) is 246 cm³/mol. The second-order valence-electron chi connectivity index (χ2n) is 15.0. The summed E-state index contributed by atoms with van der Waals surface area (Å²) in [6, 6.07) is 20.5. The molecule has 59 heavy (non-hydrogen) atoms. The number of rotatable bonds is 27. The summed E-state index contributed by atoms with van der Waals surface area (Å²) in [6.45, 7) is 6.51. The first-order valence-electron chi connectivity index (χ1n) is 20.3. The molecule has 0 saturated heterocycles. The zero-order valence-corrected chi connectivity index (χ0v) is 38.4. The summed E-state index contributed by atoms with van der Waals surface area (Å²) in [5.41, 5.74) is 4.29. The Hall–Kier alpha value is -4.36. The quantitative estimate of drug-likeness (QED) is 0.0255. The summed E-state index contributed by atoms with van der Waals surface area (Å²) >= 11 is 0. The number of hydrogen-bond acceptors (Lipinski definition) is 9. The van der Waals surface area contributed by atoms with Gasteiger partial charge in [0.1, 0.15) is 13.1 Å². The predicted octanol–water partition coefficient (Wildman–Crippen LogP) is 8.30. The number of hydrogen-bond donors (Lipinski definition) is 0. The lowest BCUT2D eigenvalue weighted by molar-refractivity contribution is -0.888. The molecular weight excluding hydrogens is 781 g/mol. The highest BCUT2D eigenvalue weighted by molar-refractivity contribution is 8.76. The van der Waals surface area contributed by atoms with E-state index in [1.807, 2.05) is 45.9 Å². The van der Waals surface area contributed by atoms with Gasteiger partial charge in [0, 0.05) is 68.0 Å². The fraction of sp³-hybridized carbons (Fsp3) is 0.447. The molecule has 0 amide bonds. The standard InChI is InChI=1S/C47H67N4O6S2/c1-48(24-14-15-27-49-25-12-10-18-40(49)22-20-38-34-42(52-4)46(56-8)43(35-38)53-5)29-32-58-59-33-31-51(2,3)30-17-16-28-50-26-13-11-19-41(50)23-21-39-36-44(54-6)47(57-9)45(37-39)55-7/h10-13,18-23,25-26,34-37H,14-17,24,27-33H2,1-9H3/q+3/b22-20+,23-21+. The largest absolute Gasteiger partial charge is 0.493 e. The van der Waals surface area contributed by atoms with Gasteiger partial charge in [-0.1, -0.05) is 21.6 Å². The van der Waals surface area contributed by atoms with Crippen LogP contribution in [0.15, 0.2) is 73.1 Å². The van der Waals surface area contributed by atoms with E-state index in [2.05, 4.69) is 108 Å². The van der Waals surface area contributed by atoms with Crippen LogP contribution < -0.4 is 37.6 Å². The second-order valence-corrected chi connectivity index (χ2v) is 17.7. The van der Waals surface area contributed by atoms with Crippen LogP contribution in [0.1, 0.15) is 48.2 Å². The van der Waals surface area contributed by atoms with Crippen molar-refractivity contribution in [3.8, 4) is 34.5 Å². The lowest BCUT2D eigenvalue weighted by atomic mass is 10.1. The van der Waals surface area contributed by atoms with Crippen molar-refractivity contribution in [2.75, 3.05) is 101 Å². The Bertz CT molecular complexity index is 1890. The molecule has 12 heteroatoms. The molecule has 0 fully saturated rings. The molecule has 0 radical (unpaired) electrons. The van der Waals surface area contributed by atoms with Gasteiger partial charge in [0.25, 0.3) is 0 Å². The number of methoxy groups -OCH3 is 6. The van der Waals surface area contributed by atoms with Gasteiger partial charge in [0.2, 0.25) is 22.9 Å². The molecule has 0 bridgehead atoms. The van der Waals surface area contributed by atoms with Crippen LogP contribution in [0.3, 0.4) is 0 Å². The third-order valence-corrected chi connectivity index (χ3v) is 12.6. The number of ether oxygens (including phenoxy) is 6. The fourth-order valence-electron chi connectivity index (χ4n) is 6.75. The minimum absolute atomic E-state index is 0.598. The highest BCUT2D eigenvalue weighted by Crippen LogP contribution is 2.39. The molecule has 0 spiro atoms. The Balaban J connectivity index is 1.10. The summed E-state index contributed by atoms with van der Waals surface area (Å²) < 4.78 is 38.8. The Labute approximate surface area is 361 Å². The monoisotopic (exact) mass is 847 g/mol. The zero-order valence-electron chi connectivity index (χ0n) is 36.8. The molecule has 0 aliphatic heterocycles. The van der Waals surface area contributed by atoms with E-state index in [4.69, 9.17) is 28.4 Å². The van der Waals surface area contributed by atoms with Gasteiger partial charge in [-0.15, -0.1) is 0 Å². The van der Waals surface area contributed by atoms with E-state index in [0.717, 1.165) is 83.9 Å². The van der Waals surface area contributed by atoms with Gasteiger partial charge < -0.3 is 37.8 Å². The summed E-state index contributed by atoms with van der Waals surface area (Å²) in [5, 5.41) is 0. The number of benzene rings is 2. The molecule has 2 heterocycles. The molecule has 320 valence electrons. The Morgan fingerprint density at radius 3 is 1.46 bits per heavy atom. The van der Waals surface area contributed by atoms with Crippen LogP contribution in [-0.2, 0) is 13.1 Å². The van der Waals surface area contributed by atoms with Crippen LogP contribution in [0.5, 0.6) is 34.5 Å². The van der Waals surface area contributed by atoms with Gasteiger partial charge >= 0.3 is 0 Å². The first kappa shape index (κ1) is 47.3. The van der Waals surface area contributed by atoms with Crippen molar-refractivity contribution < 1.29 is 42.0 Å². The number of aryl methyl sites for hydroxylation is 2. The maximum absolute atomic E-state index is 5.53. The molecule has 0 N–H and O–H groups in total. The molecule has 4 aromatic rings. The Morgan fingerprint density at radius 1 is 0.542 bits per heavy atom. The van der Waals surface area contributed by atoms with Crippen molar-refractivity contribution >= 4 is 45.9 Å². The SMILES string of the molecule is COc1cc(/C=C/c2cccc[n+]2CCCCN(C)CCSSCC[N+](C)(C)CCCC[n+]2ccccc2/C=C/c2cc(OC)c(OC)c(OC)c2)cc(OC)c1OC. The number of nitrogens with zero attached hydrogens (tertiary/aromatic N) is 4. The van der Waals surface area contributed by atoms with E-state index < -0.39 is 0 Å². The van der Waals surface area contributed by atoms with Crippen molar-refractivity contribution in [1.29, 1.82) is 0 Å². The molecule has 2 aromatic heterocycles. The Morgan fingerprint density at radius 2 is 1.00 bits per heavy atom. The highest BCUT2D eigenvalue weighted by atomic mass is 33.1. The molecule has 0 unspecified atom stereocenters. The maximum atomic E-state index is 5.53. The summed E-state index contributed by atoms with van der Waals surface area (Å²) in [6.07, 6.45) is 17.4. The van der Waals surface area contributed by atoms with Crippen LogP contribution in [0, 0.1) is 0 Å². The maximum Gasteiger partial charge on any atom is 0.205 e. The van der Waals surface area contributed by atoms with Crippen LogP contribution in [0.2, 0.25) is 0 Å². The van der Waals surface area contributed by atoms with Crippen LogP contribution in [-0.4, -0.2) is 111 Å². The van der Waals surface area contributed by atoms with Gasteiger partial charge in [0.15, 0.2) is 35.4 Å². The van der Waals surface area contributed by atoms with Crippen LogP contribution in [0.25, 0.3) is 24.3 Å². The van der Waals surface area contributed by atoms with Crippen molar-refractivity contribution in [2.24, 2.45) is 0 Å². The minimum Gasteiger partial charge on any atom is -0.493 e. The van der Waals surface area contributed by atoms with E-state index in [9.17, 15) is 0 Å². The molecule has 0 atom stereocenters. The number of quaternary nitrogens is 1. The molecule has 0 aliphatic carbocycles. The third-order valence-electron chi connectivity index (χ3n) is 10.2. The zero-order chi connectivity index (χ0) is 42.5. The average Bonchev–Trinajstić information content (AvgIpc) is 3.25. The number of unbranched alkanes of at least 4 members (excludes halogenated alkanes) is 2. The average molecular weight is 848 g/mol. The Kier molecular flexibility index (Phi) is 20.3. The summed E-state index contributed by atoms with van der Waals surface area (Å²) in [7, 11) is 20.8. The van der Waals surface area contributed by atoms with Gasteiger partial charge in [-0.3, -0.25) is 0 Å². The van der Waals surface area contributed by atoms with E-state index in [1.165, 1.54) is 19.5 Å². The van der Waals surface area contributed by atoms with E-state index in [0.29, 0.717) is 34.5 Å². The summed E-state index contributed by atoms with van der Waals surface area (Å²) in [5.74, 6) is 6.09. The molecule has 4 rings (SSSR count). The van der Waals surface area contributed by atoms with Gasteiger partial charge in [-0.05, 0) is 79.7 Å². The van der Waals surface area contributed by atoms with Gasteiger partial charge in [0.05, 0.1) is 75.6 Å². The second kappa shape index (κ2) is 25.3. The molecule has 2 aromatic carbocycles. The molecule has 10 nitrogen and oxygen atoms in total. The smallest absolute Gasteiger partial charge is 0.205 e. The third kappa shape index (κ3) is 15.3. The number of aromatic nitrogens is 2. The fourth-order valence-corrected chi connectivity index (χ4v) is 9.10. The minimum atomic E-state index is 0.598. The van der Waals surface area contributed by atoms with E-state index >= 15 is 0 Å². The van der Waals surface area contributed by atoms with Crippen molar-refractivity contribution in [3.63, 3.8) is 0 Å². The van der Waals surface area contributed by atoms with Gasteiger partial charge in [-0.25, -0.2) is 0 Å². The first-order chi connectivity index (χ1) is 28.6. The van der Waals surface area contributed by atoms with Crippen molar-refractivity contribution in [3.05, 3.63) is 95.6 Å². The van der Waals surface area contributed by atoms with Crippen molar-refractivity contribution in [1.82, 2.24) is 4.90 Å². The topological polar surface area (TPSA) is 66.4 Å². The molecular formula is C47H67N4O6S2+3. The van der Waals surface area contributed by atoms with Gasteiger partial charge in [-0.2, -0.15) is 9.13 Å². The van der Waals surface area contributed by atoms with Crippen LogP contribution in [0.4, 0.5) is 0 Å². The molecule has 0 saturated carbocycles. The molecule has 0 aliphatic rings. The summed E-state index contributed by atoms with van der Waals surface area (Å²) in [4.78, 5) is 2.47. The normalized spacial score (nSPS) is 11.8.